The van der Waals surface area contributed by atoms with E-state index in [1.165, 1.54) is 12.1 Å². The van der Waals surface area contributed by atoms with Gasteiger partial charge in [0.15, 0.2) is 0 Å². The normalized spacial score (nSPS) is 10.8. The molecule has 0 aliphatic rings. The molecule has 0 atom stereocenters. The highest BCUT2D eigenvalue weighted by atomic mass is 79.9. The van der Waals surface area contributed by atoms with E-state index in [1.54, 1.807) is 11.0 Å². The minimum absolute atomic E-state index is 0.0990. The molecule has 5 heteroatoms. The van der Waals surface area contributed by atoms with Crippen LogP contribution in [0.25, 0.3) is 0 Å². The van der Waals surface area contributed by atoms with Crippen molar-refractivity contribution in [3.8, 4) is 0 Å². The van der Waals surface area contributed by atoms with Crippen LogP contribution in [0.5, 0.6) is 0 Å². The first-order valence-corrected chi connectivity index (χ1v) is 7.87. The maximum absolute atomic E-state index is 13.4. The molecule has 1 aromatic rings. The Morgan fingerprint density at radius 2 is 2.05 bits per heavy atom. The molecule has 106 valence electrons. The monoisotopic (exact) mass is 349 g/mol. The Morgan fingerprint density at radius 3 is 2.58 bits per heavy atom. The topological polar surface area (TPSA) is 20.3 Å². The number of rotatable bonds is 6. The van der Waals surface area contributed by atoms with Crippen LogP contribution in [0.15, 0.2) is 18.2 Å². The first kappa shape index (κ1) is 16.4. The lowest BCUT2D eigenvalue weighted by molar-refractivity contribution is 0.0682. The van der Waals surface area contributed by atoms with Crippen LogP contribution in [0.2, 0.25) is 5.02 Å². The zero-order valence-electron chi connectivity index (χ0n) is 11.1. The van der Waals surface area contributed by atoms with Gasteiger partial charge in [-0.05, 0) is 25.0 Å². The van der Waals surface area contributed by atoms with Crippen LogP contribution in [0.1, 0.15) is 37.0 Å². The van der Waals surface area contributed by atoms with E-state index >= 15 is 0 Å². The zero-order valence-corrected chi connectivity index (χ0v) is 13.5. The Morgan fingerprint density at radius 1 is 1.42 bits per heavy atom. The predicted octanol–water partition coefficient (Wildman–Crippen LogP) is 4.50. The summed E-state index contributed by atoms with van der Waals surface area (Å²) in [5.41, 5.74) is 0.231. The second-order valence-corrected chi connectivity index (χ2v) is 5.43. The Labute approximate surface area is 127 Å². The van der Waals surface area contributed by atoms with Crippen molar-refractivity contribution in [2.24, 2.45) is 0 Å². The van der Waals surface area contributed by atoms with Crippen molar-refractivity contribution < 1.29 is 9.18 Å². The van der Waals surface area contributed by atoms with E-state index in [0.717, 1.165) is 12.8 Å². The molecule has 2 nitrogen and oxygen atoms in total. The van der Waals surface area contributed by atoms with Crippen molar-refractivity contribution in [1.82, 2.24) is 4.90 Å². The van der Waals surface area contributed by atoms with E-state index in [9.17, 15) is 9.18 Å². The van der Waals surface area contributed by atoms with Crippen molar-refractivity contribution >= 4 is 33.4 Å². The highest BCUT2D eigenvalue weighted by Gasteiger charge is 2.24. The third kappa shape index (κ3) is 3.93. The predicted molar refractivity (Wildman–Crippen MR) is 80.6 cm³/mol. The molecule has 0 spiro atoms. The van der Waals surface area contributed by atoms with E-state index in [4.69, 9.17) is 11.6 Å². The smallest absolute Gasteiger partial charge is 0.255 e. The molecule has 0 N–H and O–H groups in total. The van der Waals surface area contributed by atoms with Crippen molar-refractivity contribution in [3.05, 3.63) is 34.6 Å². The summed E-state index contributed by atoms with van der Waals surface area (Å²) in [5.74, 6) is -0.770. The molecule has 1 amide bonds. The second-order valence-electron chi connectivity index (χ2n) is 4.26. The Hall–Kier alpha value is -0.610. The van der Waals surface area contributed by atoms with Gasteiger partial charge in [0.05, 0.1) is 10.6 Å². The standard InChI is InChI=1S/C14H18BrClFNO/c1-3-10(4-2)18(9-8-15)14(19)11-6-5-7-12(17)13(11)16/h5-7,10H,3-4,8-9H2,1-2H3. The molecule has 0 saturated carbocycles. The van der Waals surface area contributed by atoms with Crippen molar-refractivity contribution in [1.29, 1.82) is 0 Å². The molecule has 0 aliphatic heterocycles. The number of amides is 1. The van der Waals surface area contributed by atoms with Gasteiger partial charge in [-0.25, -0.2) is 4.39 Å². The Balaban J connectivity index is 3.08. The van der Waals surface area contributed by atoms with E-state index < -0.39 is 5.82 Å². The number of benzene rings is 1. The van der Waals surface area contributed by atoms with Gasteiger partial charge in [0.2, 0.25) is 0 Å². The summed E-state index contributed by atoms with van der Waals surface area (Å²) in [6.07, 6.45) is 1.73. The number of carbonyl (C=O) groups is 1. The lowest BCUT2D eigenvalue weighted by atomic mass is 10.1. The van der Waals surface area contributed by atoms with Crippen LogP contribution in [-0.2, 0) is 0 Å². The van der Waals surface area contributed by atoms with Crippen molar-refractivity contribution in [2.75, 3.05) is 11.9 Å². The van der Waals surface area contributed by atoms with E-state index in [2.05, 4.69) is 15.9 Å². The van der Waals surface area contributed by atoms with Gasteiger partial charge < -0.3 is 4.90 Å². The summed E-state index contributed by atoms with van der Waals surface area (Å²) < 4.78 is 13.4. The summed E-state index contributed by atoms with van der Waals surface area (Å²) in [7, 11) is 0. The number of nitrogens with zero attached hydrogens (tertiary/aromatic N) is 1. The molecule has 0 aliphatic carbocycles. The minimum atomic E-state index is -0.559. The third-order valence-electron chi connectivity index (χ3n) is 3.15. The van der Waals surface area contributed by atoms with Gasteiger partial charge >= 0.3 is 0 Å². The van der Waals surface area contributed by atoms with Crippen molar-refractivity contribution in [2.45, 2.75) is 32.7 Å². The van der Waals surface area contributed by atoms with Crippen LogP contribution < -0.4 is 0 Å². The summed E-state index contributed by atoms with van der Waals surface area (Å²) in [4.78, 5) is 14.3. The highest BCUT2D eigenvalue weighted by Crippen LogP contribution is 2.23. The molecule has 0 heterocycles. The molecule has 19 heavy (non-hydrogen) atoms. The highest BCUT2D eigenvalue weighted by molar-refractivity contribution is 9.09. The van der Waals surface area contributed by atoms with Gasteiger partial charge in [-0.1, -0.05) is 47.4 Å². The summed E-state index contributed by atoms with van der Waals surface area (Å²) >= 11 is 9.24. The first-order valence-electron chi connectivity index (χ1n) is 6.37. The molecule has 0 fully saturated rings. The Bertz CT molecular complexity index is 437. The lowest BCUT2D eigenvalue weighted by Gasteiger charge is -2.30. The van der Waals surface area contributed by atoms with E-state index in [0.29, 0.717) is 11.9 Å². The maximum atomic E-state index is 13.4. The molecule has 1 rings (SSSR count). The maximum Gasteiger partial charge on any atom is 0.255 e. The minimum Gasteiger partial charge on any atom is -0.335 e. The van der Waals surface area contributed by atoms with Crippen molar-refractivity contribution in [3.63, 3.8) is 0 Å². The average Bonchev–Trinajstić information content (AvgIpc) is 2.41. The molecular weight excluding hydrogens is 333 g/mol. The lowest BCUT2D eigenvalue weighted by Crippen LogP contribution is -2.41. The zero-order chi connectivity index (χ0) is 14.4. The average molecular weight is 351 g/mol. The fraction of sp³-hybridized carbons (Fsp3) is 0.500. The quantitative estimate of drug-likeness (QED) is 0.692. The summed E-state index contributed by atoms with van der Waals surface area (Å²) in [6.45, 7) is 4.66. The largest absolute Gasteiger partial charge is 0.335 e. The molecular formula is C14H18BrClFNO. The van der Waals surface area contributed by atoms with Crippen LogP contribution in [-0.4, -0.2) is 28.7 Å². The first-order chi connectivity index (χ1) is 9.06. The number of alkyl halides is 1. The molecule has 0 aromatic heterocycles. The molecule has 0 saturated heterocycles. The van der Waals surface area contributed by atoms with Gasteiger partial charge in [0.1, 0.15) is 5.82 Å². The van der Waals surface area contributed by atoms with Gasteiger partial charge in [0.25, 0.3) is 5.91 Å². The SMILES string of the molecule is CCC(CC)N(CCBr)C(=O)c1cccc(F)c1Cl. The number of hydrogen-bond donors (Lipinski definition) is 0. The molecule has 0 bridgehead atoms. The van der Waals surface area contributed by atoms with Gasteiger partial charge in [-0.3, -0.25) is 4.79 Å². The van der Waals surface area contributed by atoms with E-state index in [-0.39, 0.29) is 22.5 Å². The number of halogens is 3. The van der Waals surface area contributed by atoms with Crippen LogP contribution in [0.4, 0.5) is 4.39 Å². The van der Waals surface area contributed by atoms with Crippen LogP contribution in [0.3, 0.4) is 0 Å². The second kappa shape index (κ2) is 7.85. The molecule has 1 aromatic carbocycles. The van der Waals surface area contributed by atoms with Crippen LogP contribution >= 0.6 is 27.5 Å². The molecule has 0 radical (unpaired) electrons. The van der Waals surface area contributed by atoms with Gasteiger partial charge in [-0.15, -0.1) is 0 Å². The molecule has 0 unspecified atom stereocenters. The third-order valence-corrected chi connectivity index (χ3v) is 3.89. The Kier molecular flexibility index (Phi) is 6.80. The van der Waals surface area contributed by atoms with Crippen LogP contribution in [0, 0.1) is 5.82 Å². The number of carbonyl (C=O) groups excluding carboxylic acids is 1. The fourth-order valence-electron chi connectivity index (χ4n) is 2.09. The fourth-order valence-corrected chi connectivity index (χ4v) is 2.68. The summed E-state index contributed by atoms with van der Waals surface area (Å²) in [5, 5.41) is 0.584. The summed E-state index contributed by atoms with van der Waals surface area (Å²) in [6, 6.07) is 4.47. The number of hydrogen-bond acceptors (Lipinski definition) is 1. The van der Waals surface area contributed by atoms with Gasteiger partial charge in [-0.2, -0.15) is 0 Å². The van der Waals surface area contributed by atoms with Gasteiger partial charge in [0, 0.05) is 17.9 Å². The van der Waals surface area contributed by atoms with E-state index in [1.807, 2.05) is 13.8 Å².